The van der Waals surface area contributed by atoms with Crippen LogP contribution in [0.2, 0.25) is 0 Å². The van der Waals surface area contributed by atoms with Crippen LogP contribution in [0, 0.1) is 11.8 Å². The summed E-state index contributed by atoms with van der Waals surface area (Å²) < 4.78 is 24.7. The minimum Gasteiger partial charge on any atom is -0.339 e. The quantitative estimate of drug-likeness (QED) is 0.757. The van der Waals surface area contributed by atoms with E-state index < -0.39 is 15.9 Å². The number of sulfonamides is 1. The number of hydrogen-bond acceptors (Lipinski definition) is 4. The van der Waals surface area contributed by atoms with Crippen molar-refractivity contribution in [2.75, 3.05) is 18.8 Å². The van der Waals surface area contributed by atoms with Crippen molar-refractivity contribution >= 4 is 21.8 Å². The van der Waals surface area contributed by atoms with Crippen molar-refractivity contribution in [2.45, 2.75) is 51.5 Å². The third-order valence-electron chi connectivity index (χ3n) is 5.28. The third kappa shape index (κ3) is 2.87. The highest BCUT2D eigenvalue weighted by atomic mass is 32.2. The van der Waals surface area contributed by atoms with E-state index in [0.29, 0.717) is 18.9 Å². The first kappa shape index (κ1) is 15.8. The highest BCUT2D eigenvalue weighted by Crippen LogP contribution is 2.32. The van der Waals surface area contributed by atoms with Crippen LogP contribution >= 0.6 is 0 Å². The van der Waals surface area contributed by atoms with Gasteiger partial charge in [0.25, 0.3) is 0 Å². The van der Waals surface area contributed by atoms with Crippen molar-refractivity contribution < 1.29 is 18.0 Å². The Morgan fingerprint density at radius 1 is 1.18 bits per heavy atom. The molecule has 7 heteroatoms. The van der Waals surface area contributed by atoms with Crippen molar-refractivity contribution in [3.8, 4) is 0 Å². The van der Waals surface area contributed by atoms with E-state index in [1.165, 1.54) is 0 Å². The number of carbonyl (C=O) groups excluding carboxylic acids is 2. The van der Waals surface area contributed by atoms with Crippen LogP contribution in [0.5, 0.6) is 0 Å². The van der Waals surface area contributed by atoms with Crippen molar-refractivity contribution in [3.63, 3.8) is 0 Å². The third-order valence-corrected chi connectivity index (χ3v) is 7.12. The number of rotatable bonds is 2. The summed E-state index contributed by atoms with van der Waals surface area (Å²) in [5.41, 5.74) is 0. The summed E-state index contributed by atoms with van der Waals surface area (Å²) in [5, 5.41) is 0. The Morgan fingerprint density at radius 2 is 1.86 bits per heavy atom. The molecule has 1 saturated carbocycles. The summed E-state index contributed by atoms with van der Waals surface area (Å²) in [5.74, 6) is -0.100. The first-order chi connectivity index (χ1) is 10.4. The molecule has 0 aromatic heterocycles. The second kappa shape index (κ2) is 5.83. The molecule has 1 atom stereocenters. The van der Waals surface area contributed by atoms with Gasteiger partial charge in [0, 0.05) is 25.6 Å². The molecule has 124 valence electrons. The Bertz CT molecular complexity index is 566. The van der Waals surface area contributed by atoms with Crippen LogP contribution in [0.1, 0.15) is 45.4 Å². The molecule has 0 aromatic rings. The van der Waals surface area contributed by atoms with E-state index in [2.05, 4.69) is 6.92 Å². The second-order valence-corrected chi connectivity index (χ2v) is 8.95. The maximum atomic E-state index is 12.5. The van der Waals surface area contributed by atoms with Crippen molar-refractivity contribution in [1.29, 1.82) is 0 Å². The van der Waals surface area contributed by atoms with Gasteiger partial charge in [-0.3, -0.25) is 9.59 Å². The minimum atomic E-state index is -3.44. The van der Waals surface area contributed by atoms with Gasteiger partial charge < -0.3 is 4.90 Å². The maximum absolute atomic E-state index is 12.5. The van der Waals surface area contributed by atoms with Gasteiger partial charge in [0.1, 0.15) is 0 Å². The summed E-state index contributed by atoms with van der Waals surface area (Å²) in [6, 6.07) is 0.233. The van der Waals surface area contributed by atoms with Crippen LogP contribution in [0.4, 0.5) is 0 Å². The Balaban J connectivity index is 1.65. The zero-order valence-corrected chi connectivity index (χ0v) is 13.8. The second-order valence-electron chi connectivity index (χ2n) is 6.94. The lowest BCUT2D eigenvalue weighted by Gasteiger charge is -2.33. The molecule has 3 fully saturated rings. The SMILES string of the molecule is CC1CCC(N2C[C@H](C(=O)N3CCCS3(=O)=O)CC2=O)CC1. The highest BCUT2D eigenvalue weighted by molar-refractivity contribution is 7.89. The number of amides is 2. The van der Waals surface area contributed by atoms with Crippen LogP contribution in [-0.2, 0) is 19.6 Å². The summed E-state index contributed by atoms with van der Waals surface area (Å²) in [4.78, 5) is 26.5. The Kier molecular flexibility index (Phi) is 4.18. The van der Waals surface area contributed by atoms with Crippen molar-refractivity contribution in [1.82, 2.24) is 9.21 Å². The molecule has 0 aromatic carbocycles. The van der Waals surface area contributed by atoms with E-state index in [4.69, 9.17) is 0 Å². The predicted octanol–water partition coefficient (Wildman–Crippen LogP) is 0.976. The van der Waals surface area contributed by atoms with Crippen molar-refractivity contribution in [3.05, 3.63) is 0 Å². The van der Waals surface area contributed by atoms with E-state index in [9.17, 15) is 18.0 Å². The van der Waals surface area contributed by atoms with E-state index in [1.807, 2.05) is 4.90 Å². The predicted molar refractivity (Wildman–Crippen MR) is 81.4 cm³/mol. The van der Waals surface area contributed by atoms with Gasteiger partial charge in [0.15, 0.2) is 0 Å². The molecule has 0 bridgehead atoms. The zero-order valence-electron chi connectivity index (χ0n) is 13.0. The van der Waals surface area contributed by atoms with Crippen LogP contribution < -0.4 is 0 Å². The Morgan fingerprint density at radius 3 is 2.45 bits per heavy atom. The summed E-state index contributed by atoms with van der Waals surface area (Å²) in [7, 11) is -3.44. The molecular formula is C15H24N2O4S. The standard InChI is InChI=1S/C15H24N2O4S/c1-11-3-5-13(6-4-11)16-10-12(9-14(16)18)15(19)17-7-2-8-22(17,20)21/h11-13H,2-10H2,1H3/t11?,12-,13?/m1/s1. The van der Waals surface area contributed by atoms with E-state index in [0.717, 1.165) is 30.0 Å². The first-order valence-corrected chi connectivity index (χ1v) is 9.83. The zero-order chi connectivity index (χ0) is 15.9. The van der Waals surface area contributed by atoms with Crippen LogP contribution in [0.25, 0.3) is 0 Å². The van der Waals surface area contributed by atoms with E-state index in [1.54, 1.807) is 0 Å². The van der Waals surface area contributed by atoms with E-state index >= 15 is 0 Å². The fraction of sp³-hybridized carbons (Fsp3) is 0.867. The molecule has 2 aliphatic heterocycles. The fourth-order valence-corrected chi connectivity index (χ4v) is 5.44. The lowest BCUT2D eigenvalue weighted by Crippen LogP contribution is -2.41. The molecule has 22 heavy (non-hydrogen) atoms. The monoisotopic (exact) mass is 328 g/mol. The summed E-state index contributed by atoms with van der Waals surface area (Å²) in [6.45, 7) is 2.89. The summed E-state index contributed by atoms with van der Waals surface area (Å²) in [6.07, 6.45) is 4.89. The lowest BCUT2D eigenvalue weighted by molar-refractivity contribution is -0.132. The van der Waals surface area contributed by atoms with Gasteiger partial charge in [0.2, 0.25) is 21.8 Å². The van der Waals surface area contributed by atoms with Gasteiger partial charge in [-0.05, 0) is 38.0 Å². The highest BCUT2D eigenvalue weighted by Gasteiger charge is 2.43. The van der Waals surface area contributed by atoms with Gasteiger partial charge in [-0.15, -0.1) is 0 Å². The molecule has 0 radical (unpaired) electrons. The largest absolute Gasteiger partial charge is 0.339 e. The number of likely N-dealkylation sites (tertiary alicyclic amines) is 1. The van der Waals surface area contributed by atoms with Gasteiger partial charge in [-0.25, -0.2) is 12.7 Å². The Hall–Kier alpha value is -1.11. The molecule has 2 amide bonds. The molecule has 0 N–H and O–H groups in total. The molecule has 6 nitrogen and oxygen atoms in total. The number of nitrogens with zero attached hydrogens (tertiary/aromatic N) is 2. The number of hydrogen-bond donors (Lipinski definition) is 0. The molecule has 2 saturated heterocycles. The molecule has 3 rings (SSSR count). The van der Waals surface area contributed by atoms with Crippen molar-refractivity contribution in [2.24, 2.45) is 11.8 Å². The topological polar surface area (TPSA) is 74.8 Å². The van der Waals surface area contributed by atoms with Gasteiger partial charge in [-0.1, -0.05) is 6.92 Å². The van der Waals surface area contributed by atoms with Crippen LogP contribution in [-0.4, -0.2) is 54.3 Å². The van der Waals surface area contributed by atoms with Crippen LogP contribution in [0.3, 0.4) is 0 Å². The molecular weight excluding hydrogens is 304 g/mol. The molecule has 2 heterocycles. The fourth-order valence-electron chi connectivity index (χ4n) is 3.89. The normalized spacial score (nSPS) is 35.1. The Labute approximate surface area is 131 Å². The molecule has 0 spiro atoms. The average molecular weight is 328 g/mol. The van der Waals surface area contributed by atoms with Crippen LogP contribution in [0.15, 0.2) is 0 Å². The minimum absolute atomic E-state index is 0.00879. The molecule has 0 unspecified atom stereocenters. The smallest absolute Gasteiger partial charge is 0.241 e. The van der Waals surface area contributed by atoms with Gasteiger partial charge in [0.05, 0.1) is 11.7 Å². The molecule has 1 aliphatic carbocycles. The average Bonchev–Trinajstić information content (AvgIpc) is 3.02. The van der Waals surface area contributed by atoms with Gasteiger partial charge >= 0.3 is 0 Å². The lowest BCUT2D eigenvalue weighted by atomic mass is 9.87. The van der Waals surface area contributed by atoms with E-state index in [-0.39, 0.29) is 36.6 Å². The first-order valence-electron chi connectivity index (χ1n) is 8.22. The summed E-state index contributed by atoms with van der Waals surface area (Å²) >= 11 is 0. The van der Waals surface area contributed by atoms with Gasteiger partial charge in [-0.2, -0.15) is 0 Å². The molecule has 3 aliphatic rings. The maximum Gasteiger partial charge on any atom is 0.241 e. The number of carbonyl (C=O) groups is 2.